The van der Waals surface area contributed by atoms with E-state index in [-0.39, 0.29) is 0 Å². The monoisotopic (exact) mass is 302 g/mol. The predicted octanol–water partition coefficient (Wildman–Crippen LogP) is 1.67. The summed E-state index contributed by atoms with van der Waals surface area (Å²) < 4.78 is 7.31. The molecule has 118 valence electrons. The average molecular weight is 302 g/mol. The lowest BCUT2D eigenvalue weighted by molar-refractivity contribution is 0.389. The van der Waals surface area contributed by atoms with Crippen molar-refractivity contribution in [3.63, 3.8) is 0 Å². The van der Waals surface area contributed by atoms with Crippen molar-refractivity contribution in [2.75, 3.05) is 12.8 Å². The molecule has 0 saturated heterocycles. The van der Waals surface area contributed by atoms with Crippen LogP contribution in [0.2, 0.25) is 0 Å². The molecule has 0 amide bonds. The first-order valence-electron chi connectivity index (χ1n) is 7.66. The van der Waals surface area contributed by atoms with Crippen LogP contribution in [0.5, 0.6) is 5.88 Å². The van der Waals surface area contributed by atoms with Gasteiger partial charge in [-0.05, 0) is 18.9 Å². The number of nitrogen functional groups attached to an aromatic ring is 1. The van der Waals surface area contributed by atoms with E-state index in [9.17, 15) is 0 Å². The molecule has 0 aromatic carbocycles. The molecule has 7 nitrogen and oxygen atoms in total. The molecular weight excluding hydrogens is 280 g/mol. The lowest BCUT2D eigenvalue weighted by Gasteiger charge is -2.10. The first-order chi connectivity index (χ1) is 10.8. The van der Waals surface area contributed by atoms with Gasteiger partial charge in [-0.1, -0.05) is 12.8 Å². The normalized spacial score (nSPS) is 15.3. The molecule has 0 bridgehead atoms. The molecule has 22 heavy (non-hydrogen) atoms. The Morgan fingerprint density at radius 1 is 1.32 bits per heavy atom. The van der Waals surface area contributed by atoms with Crippen molar-refractivity contribution in [1.29, 1.82) is 0 Å². The van der Waals surface area contributed by atoms with E-state index >= 15 is 0 Å². The van der Waals surface area contributed by atoms with Gasteiger partial charge in [-0.2, -0.15) is 5.10 Å². The molecular formula is C15H22N6O. The zero-order valence-corrected chi connectivity index (χ0v) is 12.8. The summed E-state index contributed by atoms with van der Waals surface area (Å²) in [5.41, 5.74) is 7.68. The fraction of sp³-hybridized carbons (Fsp3) is 0.533. The maximum atomic E-state index is 5.87. The van der Waals surface area contributed by atoms with Crippen molar-refractivity contribution < 1.29 is 4.74 Å². The van der Waals surface area contributed by atoms with Gasteiger partial charge in [0, 0.05) is 19.3 Å². The van der Waals surface area contributed by atoms with Crippen molar-refractivity contribution in [3.05, 3.63) is 29.8 Å². The molecule has 1 aliphatic carbocycles. The Hall–Kier alpha value is -2.15. The number of rotatable bonds is 6. The Bertz CT molecular complexity index is 620. The van der Waals surface area contributed by atoms with E-state index in [4.69, 9.17) is 10.5 Å². The summed E-state index contributed by atoms with van der Waals surface area (Å²) in [7, 11) is 1.58. The van der Waals surface area contributed by atoms with Crippen LogP contribution in [0.3, 0.4) is 0 Å². The van der Waals surface area contributed by atoms with E-state index in [0.29, 0.717) is 30.8 Å². The van der Waals surface area contributed by atoms with Gasteiger partial charge in [-0.15, -0.1) is 0 Å². The second-order valence-corrected chi connectivity index (χ2v) is 5.58. The number of ether oxygens (including phenoxy) is 1. The maximum absolute atomic E-state index is 5.87. The number of aromatic nitrogens is 4. The third-order valence-electron chi connectivity index (χ3n) is 4.10. The summed E-state index contributed by atoms with van der Waals surface area (Å²) in [5.74, 6) is 0.951. The Morgan fingerprint density at radius 3 is 2.91 bits per heavy atom. The lowest BCUT2D eigenvalue weighted by atomic mass is 10.3. The summed E-state index contributed by atoms with van der Waals surface area (Å²) in [6.45, 7) is 1.23. The van der Waals surface area contributed by atoms with Crippen LogP contribution in [-0.4, -0.2) is 26.9 Å². The maximum Gasteiger partial charge on any atom is 0.222 e. The van der Waals surface area contributed by atoms with Gasteiger partial charge in [0.2, 0.25) is 5.88 Å². The highest BCUT2D eigenvalue weighted by Gasteiger charge is 2.17. The van der Waals surface area contributed by atoms with E-state index in [1.54, 1.807) is 7.11 Å². The van der Waals surface area contributed by atoms with Gasteiger partial charge in [0.25, 0.3) is 0 Å². The van der Waals surface area contributed by atoms with Gasteiger partial charge >= 0.3 is 0 Å². The third-order valence-corrected chi connectivity index (χ3v) is 4.10. The van der Waals surface area contributed by atoms with Crippen molar-refractivity contribution in [2.24, 2.45) is 0 Å². The van der Waals surface area contributed by atoms with Gasteiger partial charge in [0.05, 0.1) is 24.4 Å². The van der Waals surface area contributed by atoms with Crippen LogP contribution in [0.15, 0.2) is 18.6 Å². The molecule has 3 N–H and O–H groups in total. The summed E-state index contributed by atoms with van der Waals surface area (Å²) in [4.78, 5) is 8.06. The van der Waals surface area contributed by atoms with E-state index in [1.165, 1.54) is 32.0 Å². The van der Waals surface area contributed by atoms with Gasteiger partial charge in [-0.3, -0.25) is 4.68 Å². The largest absolute Gasteiger partial charge is 0.481 e. The quantitative estimate of drug-likeness (QED) is 0.843. The summed E-state index contributed by atoms with van der Waals surface area (Å²) in [6, 6.07) is 2.64. The van der Waals surface area contributed by atoms with E-state index < -0.39 is 0 Å². The van der Waals surface area contributed by atoms with Crippen molar-refractivity contribution in [3.8, 4) is 5.88 Å². The molecule has 3 rings (SSSR count). The molecule has 1 saturated carbocycles. The first kappa shape index (κ1) is 14.8. The van der Waals surface area contributed by atoms with Crippen LogP contribution < -0.4 is 15.8 Å². The first-order valence-corrected chi connectivity index (χ1v) is 7.66. The minimum absolute atomic E-state index is 0.441. The number of hydrogen-bond donors (Lipinski definition) is 2. The fourth-order valence-electron chi connectivity index (χ4n) is 2.91. The number of nitrogens with one attached hydrogen (secondary N) is 1. The second kappa shape index (κ2) is 6.74. The van der Waals surface area contributed by atoms with Gasteiger partial charge in [0.1, 0.15) is 12.1 Å². The SMILES string of the molecule is COc1ncnc(N)c1CNCc1ccn(C2CCCC2)n1. The van der Waals surface area contributed by atoms with Gasteiger partial charge in [-0.25, -0.2) is 9.97 Å². The predicted molar refractivity (Wildman–Crippen MR) is 83.3 cm³/mol. The second-order valence-electron chi connectivity index (χ2n) is 5.58. The Labute approximate surface area is 129 Å². The van der Waals surface area contributed by atoms with Crippen LogP contribution >= 0.6 is 0 Å². The van der Waals surface area contributed by atoms with Crippen molar-refractivity contribution in [2.45, 2.75) is 44.8 Å². The standard InChI is InChI=1S/C15H22N6O/c1-22-15-13(14(16)18-10-19-15)9-17-8-11-6-7-21(20-11)12-4-2-3-5-12/h6-7,10,12,17H,2-5,8-9H2,1H3,(H2,16,18,19). The fourth-order valence-corrected chi connectivity index (χ4v) is 2.91. The van der Waals surface area contributed by atoms with Gasteiger partial charge in [0.15, 0.2) is 0 Å². The lowest BCUT2D eigenvalue weighted by Crippen LogP contribution is -2.16. The highest BCUT2D eigenvalue weighted by Crippen LogP contribution is 2.28. The molecule has 1 aliphatic rings. The smallest absolute Gasteiger partial charge is 0.222 e. The van der Waals surface area contributed by atoms with E-state index in [2.05, 4.69) is 37.3 Å². The summed E-state index contributed by atoms with van der Waals surface area (Å²) in [5, 5.41) is 7.97. The number of anilines is 1. The number of hydrogen-bond acceptors (Lipinski definition) is 6. The Morgan fingerprint density at radius 2 is 2.14 bits per heavy atom. The summed E-state index contributed by atoms with van der Waals surface area (Å²) >= 11 is 0. The topological polar surface area (TPSA) is 90.9 Å². The Kier molecular flexibility index (Phi) is 4.53. The summed E-state index contributed by atoms with van der Waals surface area (Å²) in [6.07, 6.45) is 8.58. The molecule has 0 unspecified atom stereocenters. The van der Waals surface area contributed by atoms with Gasteiger partial charge < -0.3 is 15.8 Å². The number of nitrogens with zero attached hydrogens (tertiary/aromatic N) is 4. The van der Waals surface area contributed by atoms with Crippen LogP contribution in [0.1, 0.15) is 43.0 Å². The van der Waals surface area contributed by atoms with Crippen LogP contribution in [0.25, 0.3) is 0 Å². The van der Waals surface area contributed by atoms with Crippen LogP contribution in [0.4, 0.5) is 5.82 Å². The highest BCUT2D eigenvalue weighted by molar-refractivity contribution is 5.44. The molecule has 0 radical (unpaired) electrons. The van der Waals surface area contributed by atoms with Crippen molar-refractivity contribution >= 4 is 5.82 Å². The highest BCUT2D eigenvalue weighted by atomic mass is 16.5. The molecule has 2 heterocycles. The number of nitrogens with two attached hydrogens (primary N) is 1. The molecule has 7 heteroatoms. The Balaban J connectivity index is 1.57. The molecule has 0 atom stereocenters. The minimum atomic E-state index is 0.441. The average Bonchev–Trinajstić information content (AvgIpc) is 3.19. The molecule has 1 fully saturated rings. The molecule has 2 aromatic heterocycles. The molecule has 0 spiro atoms. The van der Waals surface area contributed by atoms with Crippen molar-refractivity contribution in [1.82, 2.24) is 25.1 Å². The van der Waals surface area contributed by atoms with Crippen LogP contribution in [0, 0.1) is 0 Å². The van der Waals surface area contributed by atoms with Crippen LogP contribution in [-0.2, 0) is 13.1 Å². The minimum Gasteiger partial charge on any atom is -0.481 e. The zero-order chi connectivity index (χ0) is 15.4. The van der Waals surface area contributed by atoms with E-state index in [1.807, 2.05) is 0 Å². The third kappa shape index (κ3) is 3.19. The molecule has 0 aliphatic heterocycles. The van der Waals surface area contributed by atoms with E-state index in [0.717, 1.165) is 11.3 Å². The molecule has 2 aromatic rings. The number of methoxy groups -OCH3 is 1. The zero-order valence-electron chi connectivity index (χ0n) is 12.8.